The first-order chi connectivity index (χ1) is 14.9. The molecule has 0 radical (unpaired) electrons. The van der Waals surface area contributed by atoms with Gasteiger partial charge in [0, 0.05) is 25.0 Å². The number of benzene rings is 2. The third-order valence-corrected chi connectivity index (χ3v) is 4.65. The van der Waals surface area contributed by atoms with Gasteiger partial charge in [0.15, 0.2) is 0 Å². The quantitative estimate of drug-likeness (QED) is 0.589. The van der Waals surface area contributed by atoms with Gasteiger partial charge in [-0.25, -0.2) is 4.68 Å². The fourth-order valence-corrected chi connectivity index (χ4v) is 3.15. The molecule has 0 bridgehead atoms. The first-order valence-electron chi connectivity index (χ1n) is 9.52. The van der Waals surface area contributed by atoms with Crippen LogP contribution < -0.4 is 15.4 Å². The second kappa shape index (κ2) is 10.0. The highest BCUT2D eigenvalue weighted by atomic mass is 35.5. The Bertz CT molecular complexity index is 1030. The molecule has 2 N–H and O–H groups in total. The van der Waals surface area contributed by atoms with E-state index in [1.54, 1.807) is 12.1 Å². The van der Waals surface area contributed by atoms with Crippen molar-refractivity contribution in [3.05, 3.63) is 72.1 Å². The summed E-state index contributed by atoms with van der Waals surface area (Å²) in [6, 6.07) is 12.6. The van der Waals surface area contributed by atoms with Crippen LogP contribution in [-0.4, -0.2) is 41.7 Å². The Morgan fingerprint density at radius 3 is 2.50 bits per heavy atom. The van der Waals surface area contributed by atoms with Gasteiger partial charge in [-0.05, 0) is 42.0 Å². The Labute approximate surface area is 187 Å². The van der Waals surface area contributed by atoms with Crippen LogP contribution in [0.15, 0.2) is 60.9 Å². The zero-order chi connectivity index (χ0) is 21.8. The van der Waals surface area contributed by atoms with Crippen LogP contribution in [0.5, 0.6) is 5.75 Å². The lowest BCUT2D eigenvalue weighted by Gasteiger charge is -2.24. The second-order valence-corrected chi connectivity index (χ2v) is 6.85. The first-order valence-corrected chi connectivity index (χ1v) is 9.52. The Hall–Kier alpha value is -3.08. The fraction of sp³-hybridized carbons (Fsp3) is 0.238. The van der Waals surface area contributed by atoms with E-state index in [0.717, 1.165) is 18.7 Å². The number of hydrogen-bond acceptors (Lipinski definition) is 5. The predicted molar refractivity (Wildman–Crippen MR) is 113 cm³/mol. The fourth-order valence-electron chi connectivity index (χ4n) is 3.15. The van der Waals surface area contributed by atoms with E-state index in [1.165, 1.54) is 41.3 Å². The van der Waals surface area contributed by atoms with Crippen LogP contribution in [-0.2, 0) is 4.74 Å². The van der Waals surface area contributed by atoms with E-state index in [2.05, 4.69) is 20.5 Å². The van der Waals surface area contributed by atoms with E-state index in [-0.39, 0.29) is 30.2 Å². The minimum absolute atomic E-state index is 0. The van der Waals surface area contributed by atoms with Crippen LogP contribution in [0.1, 0.15) is 22.0 Å². The normalized spacial score (nSPS) is 16.2. The molecule has 7 nitrogen and oxygen atoms in total. The Morgan fingerprint density at radius 1 is 1.16 bits per heavy atom. The molecule has 170 valence electrons. The minimum Gasteiger partial charge on any atom is -0.406 e. The van der Waals surface area contributed by atoms with Crippen LogP contribution in [0.4, 0.5) is 18.9 Å². The number of hydrogen-bond donors (Lipinski definition) is 2. The van der Waals surface area contributed by atoms with Crippen molar-refractivity contribution < 1.29 is 27.4 Å². The molecule has 0 unspecified atom stereocenters. The van der Waals surface area contributed by atoms with Crippen LogP contribution >= 0.6 is 12.4 Å². The Morgan fingerprint density at radius 2 is 1.88 bits per heavy atom. The molecule has 1 atom stereocenters. The number of morpholine rings is 1. The maximum atomic E-state index is 12.5. The van der Waals surface area contributed by atoms with Crippen molar-refractivity contribution in [1.82, 2.24) is 15.1 Å². The van der Waals surface area contributed by atoms with Gasteiger partial charge in [-0.2, -0.15) is 5.10 Å². The standard InChI is InChI=1S/C21H19F3N4O3.ClH/c22-21(23,24)31-18-7-5-17(6-8-18)28-13-15(11-26-28)20(29)27-16-3-1-14(2-4-16)19-12-25-9-10-30-19;/h1-8,11,13,19,25H,9-10,12H2,(H,27,29);1H/t19-;/m1./s1. The average Bonchev–Trinajstić information content (AvgIpc) is 3.25. The van der Waals surface area contributed by atoms with Crippen molar-refractivity contribution in [1.29, 1.82) is 0 Å². The lowest BCUT2D eigenvalue weighted by atomic mass is 10.1. The number of nitrogens with zero attached hydrogens (tertiary/aromatic N) is 2. The van der Waals surface area contributed by atoms with Crippen molar-refractivity contribution in [2.24, 2.45) is 0 Å². The van der Waals surface area contributed by atoms with Crippen LogP contribution in [0.3, 0.4) is 0 Å². The molecular formula is C21H20ClF3N4O3. The number of anilines is 1. The zero-order valence-electron chi connectivity index (χ0n) is 16.6. The SMILES string of the molecule is Cl.O=C(Nc1ccc([C@H]2CNCCO2)cc1)c1cnn(-c2ccc(OC(F)(F)F)cc2)c1. The summed E-state index contributed by atoms with van der Waals surface area (Å²) in [5.74, 6) is -0.689. The minimum atomic E-state index is -4.75. The van der Waals surface area contributed by atoms with Crippen LogP contribution in [0.2, 0.25) is 0 Å². The van der Waals surface area contributed by atoms with E-state index < -0.39 is 6.36 Å². The molecule has 2 aromatic carbocycles. The number of alkyl halides is 3. The van der Waals surface area contributed by atoms with Crippen molar-refractivity contribution in [3.8, 4) is 11.4 Å². The molecule has 1 aliphatic heterocycles. The number of nitrogens with one attached hydrogen (secondary N) is 2. The summed E-state index contributed by atoms with van der Waals surface area (Å²) >= 11 is 0. The van der Waals surface area contributed by atoms with E-state index in [0.29, 0.717) is 23.5 Å². The van der Waals surface area contributed by atoms with Gasteiger partial charge < -0.3 is 20.1 Å². The Kier molecular flexibility index (Phi) is 7.39. The third kappa shape index (κ3) is 6.00. The molecule has 1 amide bonds. The molecule has 0 saturated carbocycles. The summed E-state index contributed by atoms with van der Waals surface area (Å²) < 4.78 is 47.7. The predicted octanol–water partition coefficient (Wildman–Crippen LogP) is 4.11. The largest absolute Gasteiger partial charge is 0.573 e. The molecule has 4 rings (SSSR count). The summed E-state index contributed by atoms with van der Waals surface area (Å²) in [6.45, 7) is 2.24. The topological polar surface area (TPSA) is 77.4 Å². The molecular weight excluding hydrogens is 449 g/mol. The van der Waals surface area contributed by atoms with Gasteiger partial charge in [0.2, 0.25) is 0 Å². The summed E-state index contributed by atoms with van der Waals surface area (Å²) in [7, 11) is 0. The molecule has 0 spiro atoms. The molecule has 0 aliphatic carbocycles. The molecule has 1 aliphatic rings. The zero-order valence-corrected chi connectivity index (χ0v) is 17.4. The third-order valence-electron chi connectivity index (χ3n) is 4.65. The van der Waals surface area contributed by atoms with E-state index >= 15 is 0 Å². The molecule has 1 fully saturated rings. The highest BCUT2D eigenvalue weighted by molar-refractivity contribution is 6.04. The number of aromatic nitrogens is 2. The van der Waals surface area contributed by atoms with E-state index in [4.69, 9.17) is 4.74 Å². The molecule has 11 heteroatoms. The number of rotatable bonds is 5. The maximum absolute atomic E-state index is 12.5. The van der Waals surface area contributed by atoms with Gasteiger partial charge in [0.25, 0.3) is 5.91 Å². The number of carbonyl (C=O) groups excluding carboxylic acids is 1. The number of ether oxygens (including phenoxy) is 2. The van der Waals surface area contributed by atoms with Crippen LogP contribution in [0, 0.1) is 0 Å². The lowest BCUT2D eigenvalue weighted by Crippen LogP contribution is -2.33. The van der Waals surface area contributed by atoms with Crippen molar-refractivity contribution >= 4 is 24.0 Å². The summed E-state index contributed by atoms with van der Waals surface area (Å²) in [5, 5.41) is 10.2. The van der Waals surface area contributed by atoms with Crippen LogP contribution in [0.25, 0.3) is 5.69 Å². The van der Waals surface area contributed by atoms with E-state index in [9.17, 15) is 18.0 Å². The first kappa shape index (κ1) is 23.6. The maximum Gasteiger partial charge on any atom is 0.573 e. The van der Waals surface area contributed by atoms with Crippen molar-refractivity contribution in [3.63, 3.8) is 0 Å². The number of halogens is 4. The summed E-state index contributed by atoms with van der Waals surface area (Å²) in [4.78, 5) is 12.5. The summed E-state index contributed by atoms with van der Waals surface area (Å²) in [6.07, 6.45) is -1.89. The van der Waals surface area contributed by atoms with Gasteiger partial charge in [0.05, 0.1) is 30.2 Å². The molecule has 3 aromatic rings. The second-order valence-electron chi connectivity index (χ2n) is 6.85. The molecule has 2 heterocycles. The summed E-state index contributed by atoms with van der Waals surface area (Å²) in [5.41, 5.74) is 2.44. The van der Waals surface area contributed by atoms with Crippen molar-refractivity contribution in [2.45, 2.75) is 12.5 Å². The van der Waals surface area contributed by atoms with Gasteiger partial charge >= 0.3 is 6.36 Å². The molecule has 1 aromatic heterocycles. The number of amides is 1. The lowest BCUT2D eigenvalue weighted by molar-refractivity contribution is -0.274. The van der Waals surface area contributed by atoms with Crippen molar-refractivity contribution in [2.75, 3.05) is 25.0 Å². The highest BCUT2D eigenvalue weighted by Crippen LogP contribution is 2.24. The monoisotopic (exact) mass is 468 g/mol. The number of carbonyl (C=O) groups is 1. The smallest absolute Gasteiger partial charge is 0.406 e. The van der Waals surface area contributed by atoms with E-state index in [1.807, 2.05) is 12.1 Å². The average molecular weight is 469 g/mol. The molecule has 32 heavy (non-hydrogen) atoms. The molecule has 1 saturated heterocycles. The van der Waals surface area contributed by atoms with Gasteiger partial charge in [-0.15, -0.1) is 25.6 Å². The van der Waals surface area contributed by atoms with Gasteiger partial charge in [0.1, 0.15) is 5.75 Å². The Balaban J connectivity index is 0.00000289. The van der Waals surface area contributed by atoms with Gasteiger partial charge in [-0.3, -0.25) is 4.79 Å². The highest BCUT2D eigenvalue weighted by Gasteiger charge is 2.31. The van der Waals surface area contributed by atoms with Gasteiger partial charge in [-0.1, -0.05) is 12.1 Å².